The Bertz CT molecular complexity index is 1350. The summed E-state index contributed by atoms with van der Waals surface area (Å²) in [7, 11) is -4.24. The Morgan fingerprint density at radius 3 is 2.54 bits per heavy atom. The summed E-state index contributed by atoms with van der Waals surface area (Å²) in [6.07, 6.45) is 3.37. The lowest BCUT2D eigenvalue weighted by molar-refractivity contribution is -0.131. The number of hydrogen-bond acceptors (Lipinski definition) is 7. The third kappa shape index (κ3) is 5.42. The first-order valence-electron chi connectivity index (χ1n) is 13.7. The molecule has 3 aliphatic heterocycles. The first-order chi connectivity index (χ1) is 18.5. The Labute approximate surface area is 230 Å². The Balaban J connectivity index is 1.42. The van der Waals surface area contributed by atoms with Crippen LogP contribution in [0.3, 0.4) is 0 Å². The third-order valence-electron chi connectivity index (χ3n) is 7.93. The van der Waals surface area contributed by atoms with Crippen molar-refractivity contribution in [3.05, 3.63) is 59.2 Å². The van der Waals surface area contributed by atoms with Crippen LogP contribution in [0, 0.1) is 6.92 Å². The molecule has 0 spiro atoms. The molecule has 210 valence electrons. The van der Waals surface area contributed by atoms with Crippen LogP contribution in [0.5, 0.6) is 5.75 Å². The zero-order chi connectivity index (χ0) is 27.8. The number of ether oxygens (including phenoxy) is 1. The molecule has 2 aromatic rings. The largest absolute Gasteiger partial charge is 0.487 e. The van der Waals surface area contributed by atoms with Gasteiger partial charge in [-0.3, -0.25) is 14.9 Å². The van der Waals surface area contributed by atoms with E-state index in [9.17, 15) is 18.0 Å². The number of piperidine rings is 1. The molecule has 39 heavy (non-hydrogen) atoms. The number of carbonyl (C=O) groups excluding carboxylic acids is 2. The van der Waals surface area contributed by atoms with E-state index in [4.69, 9.17) is 4.74 Å². The monoisotopic (exact) mass is 554 g/mol. The van der Waals surface area contributed by atoms with Crippen LogP contribution < -0.4 is 26.0 Å². The first-order valence-corrected chi connectivity index (χ1v) is 15.2. The molecule has 9 nitrogen and oxygen atoms in total. The van der Waals surface area contributed by atoms with Gasteiger partial charge in [0.05, 0.1) is 17.4 Å². The molecule has 2 amide bonds. The Kier molecular flexibility index (Phi) is 7.47. The Morgan fingerprint density at radius 1 is 1.08 bits per heavy atom. The zero-order valence-electron chi connectivity index (χ0n) is 22.8. The molecule has 1 unspecified atom stereocenters. The van der Waals surface area contributed by atoms with Gasteiger partial charge in [0.25, 0.3) is 5.91 Å². The van der Waals surface area contributed by atoms with Crippen molar-refractivity contribution in [2.45, 2.75) is 80.3 Å². The van der Waals surface area contributed by atoms with E-state index >= 15 is 0 Å². The average molecular weight is 555 g/mol. The van der Waals surface area contributed by atoms with Gasteiger partial charge in [0.15, 0.2) is 0 Å². The highest BCUT2D eigenvalue weighted by atomic mass is 32.2. The number of carbonyl (C=O) groups is 2. The molecule has 3 heterocycles. The number of nitrogens with one attached hydrogen (secondary N) is 4. The maximum Gasteiger partial charge on any atom is 0.257 e. The highest BCUT2D eigenvalue weighted by molar-refractivity contribution is 7.93. The molecule has 2 saturated heterocycles. The van der Waals surface area contributed by atoms with Crippen molar-refractivity contribution in [2.24, 2.45) is 0 Å². The van der Waals surface area contributed by atoms with Crippen LogP contribution in [-0.4, -0.2) is 50.3 Å². The van der Waals surface area contributed by atoms with Gasteiger partial charge in [0, 0.05) is 31.1 Å². The molecule has 0 aliphatic carbocycles. The number of aryl methyl sites for hydroxylation is 1. The molecule has 10 heteroatoms. The lowest BCUT2D eigenvalue weighted by Crippen LogP contribution is -2.68. The summed E-state index contributed by atoms with van der Waals surface area (Å²) >= 11 is 0. The van der Waals surface area contributed by atoms with Crippen LogP contribution in [-0.2, 0) is 19.4 Å². The van der Waals surface area contributed by atoms with E-state index in [0.717, 1.165) is 35.4 Å². The molecule has 2 fully saturated rings. The second kappa shape index (κ2) is 10.6. The van der Waals surface area contributed by atoms with Gasteiger partial charge in [0.1, 0.15) is 11.4 Å². The van der Waals surface area contributed by atoms with Crippen LogP contribution >= 0.6 is 0 Å². The summed E-state index contributed by atoms with van der Waals surface area (Å²) in [6, 6.07) is 12.3. The van der Waals surface area contributed by atoms with Crippen molar-refractivity contribution in [3.8, 4) is 5.75 Å². The Hall–Kier alpha value is -2.95. The van der Waals surface area contributed by atoms with Crippen molar-refractivity contribution >= 4 is 21.7 Å². The molecular formula is C29H38N4O5S. The summed E-state index contributed by atoms with van der Waals surface area (Å²) in [5.74, 6) is -0.527. The number of sulfone groups is 1. The normalized spacial score (nSPS) is 26.6. The predicted octanol–water partition coefficient (Wildman–Crippen LogP) is 2.81. The van der Waals surface area contributed by atoms with Crippen molar-refractivity contribution < 1.29 is 22.7 Å². The zero-order valence-corrected chi connectivity index (χ0v) is 23.6. The molecule has 3 aliphatic rings. The lowest BCUT2D eigenvalue weighted by atomic mass is 9.87. The number of piperazine rings is 1. The first kappa shape index (κ1) is 27.6. The number of rotatable bonds is 6. The number of hydrogen-bond donors (Lipinski definition) is 4. The number of fused-ring (bicyclic) bond motifs is 1. The topological polar surface area (TPSA) is 126 Å². The van der Waals surface area contributed by atoms with Gasteiger partial charge >= 0.3 is 0 Å². The van der Waals surface area contributed by atoms with E-state index < -0.39 is 44.6 Å². The maximum atomic E-state index is 13.8. The second-order valence-corrected chi connectivity index (χ2v) is 13.7. The summed E-state index contributed by atoms with van der Waals surface area (Å²) < 4.78 is 34.0. The molecule has 0 aromatic heterocycles. The minimum Gasteiger partial charge on any atom is -0.487 e. The smallest absolute Gasteiger partial charge is 0.257 e. The predicted molar refractivity (Wildman–Crippen MR) is 148 cm³/mol. The van der Waals surface area contributed by atoms with Crippen molar-refractivity contribution in [1.82, 2.24) is 21.3 Å². The average Bonchev–Trinajstić information content (AvgIpc) is 2.89. The van der Waals surface area contributed by atoms with Crippen LogP contribution in [0.1, 0.15) is 74.7 Å². The van der Waals surface area contributed by atoms with Crippen molar-refractivity contribution in [1.29, 1.82) is 0 Å². The van der Waals surface area contributed by atoms with Crippen molar-refractivity contribution in [3.63, 3.8) is 0 Å². The van der Waals surface area contributed by atoms with E-state index in [0.29, 0.717) is 6.42 Å². The Morgan fingerprint density at radius 2 is 1.85 bits per heavy atom. The van der Waals surface area contributed by atoms with E-state index in [-0.39, 0.29) is 24.0 Å². The molecule has 2 aromatic carbocycles. The highest BCUT2D eigenvalue weighted by Crippen LogP contribution is 2.41. The minimum absolute atomic E-state index is 0.00755. The fraction of sp³-hybridized carbons (Fsp3) is 0.517. The molecule has 3 atom stereocenters. The quantitative estimate of drug-likeness (QED) is 0.433. The van der Waals surface area contributed by atoms with Gasteiger partial charge in [-0.15, -0.1) is 0 Å². The third-order valence-corrected chi connectivity index (χ3v) is 10.2. The second-order valence-electron chi connectivity index (χ2n) is 11.5. The van der Waals surface area contributed by atoms with Gasteiger partial charge in [-0.25, -0.2) is 8.42 Å². The molecule has 0 saturated carbocycles. The van der Waals surface area contributed by atoms with Crippen LogP contribution in [0.25, 0.3) is 0 Å². The molecule has 5 rings (SSSR count). The van der Waals surface area contributed by atoms with E-state index in [1.807, 2.05) is 26.8 Å². The van der Waals surface area contributed by atoms with Gasteiger partial charge in [-0.2, -0.15) is 0 Å². The van der Waals surface area contributed by atoms with E-state index in [2.05, 4.69) is 33.4 Å². The maximum absolute atomic E-state index is 13.8. The summed E-state index contributed by atoms with van der Waals surface area (Å²) in [4.78, 5) is 24.6. The summed E-state index contributed by atoms with van der Waals surface area (Å²) in [5, 5.41) is 12.1. The lowest BCUT2D eigenvalue weighted by Gasteiger charge is -2.40. The molecule has 0 radical (unpaired) electrons. The van der Waals surface area contributed by atoms with Gasteiger partial charge < -0.3 is 20.7 Å². The SMILES string of the molecule is Cc1ccc(S(=O)(=O)[C@@]2(CC(=O)N[C@@H]3CC(C)(C)Oc4cc(C5CCCCN5)ccc43)NCCNC2=O)cc1. The number of benzene rings is 2. The molecule has 4 N–H and O–H groups in total. The highest BCUT2D eigenvalue weighted by Gasteiger charge is 2.54. The van der Waals surface area contributed by atoms with Gasteiger partial charge in [0.2, 0.25) is 20.6 Å². The van der Waals surface area contributed by atoms with Gasteiger partial charge in [-0.1, -0.05) is 36.2 Å². The fourth-order valence-corrected chi connectivity index (χ4v) is 7.68. The standard InChI is InChI=1S/C29H38N4O5S/c1-19-7-10-21(11-8-19)39(36,37)29(27(35)31-14-15-32-29)18-26(34)33-24-17-28(2,3)38-25-16-20(9-12-22(24)25)23-6-4-5-13-30-23/h7-12,16,23-24,30,32H,4-6,13-15,17-18H2,1-3H3,(H,31,35)(H,33,34)/t23?,24-,29-/m1/s1. The van der Waals surface area contributed by atoms with E-state index in [1.54, 1.807) is 12.1 Å². The van der Waals surface area contributed by atoms with Crippen LogP contribution in [0.2, 0.25) is 0 Å². The van der Waals surface area contributed by atoms with E-state index in [1.165, 1.54) is 25.0 Å². The minimum atomic E-state index is -4.24. The summed E-state index contributed by atoms with van der Waals surface area (Å²) in [6.45, 7) is 7.30. The fourth-order valence-electron chi connectivity index (χ4n) is 5.86. The van der Waals surface area contributed by atoms with Crippen LogP contribution in [0.15, 0.2) is 47.4 Å². The molecule has 0 bridgehead atoms. The number of amides is 2. The van der Waals surface area contributed by atoms with Crippen molar-refractivity contribution in [2.75, 3.05) is 19.6 Å². The van der Waals surface area contributed by atoms with Crippen LogP contribution in [0.4, 0.5) is 0 Å². The molecular weight excluding hydrogens is 516 g/mol. The summed E-state index contributed by atoms with van der Waals surface area (Å²) in [5.41, 5.74) is 2.35. The van der Waals surface area contributed by atoms with Gasteiger partial charge in [-0.05, 0) is 63.9 Å².